The summed E-state index contributed by atoms with van der Waals surface area (Å²) in [6.45, 7) is 5.33. The standard InChI is InChI=1S/C18H27BrN5O5P/c1-4-8-21-30(27,22-9-7-19)29-12-15-5-6-17(14(2)10-15)28-13-16-11-20-18(23(16)3)24(25)26/h5-6,10-11H,4,7-9,12-13H2,1-3H3,(H2,21,22,27). The average molecular weight is 504 g/mol. The van der Waals surface area contributed by atoms with E-state index in [9.17, 15) is 14.7 Å². The van der Waals surface area contributed by atoms with Crippen molar-refractivity contribution in [3.8, 4) is 5.75 Å². The molecule has 0 saturated heterocycles. The normalized spacial score (nSPS) is 13.2. The van der Waals surface area contributed by atoms with Crippen molar-refractivity contribution in [1.29, 1.82) is 0 Å². The largest absolute Gasteiger partial charge is 0.486 e. The zero-order valence-electron chi connectivity index (χ0n) is 17.3. The van der Waals surface area contributed by atoms with Gasteiger partial charge in [0.1, 0.15) is 18.6 Å². The number of aryl methyl sites for hydroxylation is 1. The number of aromatic nitrogens is 2. The molecule has 0 aliphatic rings. The van der Waals surface area contributed by atoms with Crippen LogP contribution in [0.2, 0.25) is 0 Å². The molecule has 0 fully saturated rings. The van der Waals surface area contributed by atoms with E-state index in [4.69, 9.17) is 9.26 Å². The third-order valence-electron chi connectivity index (χ3n) is 4.24. The highest BCUT2D eigenvalue weighted by Crippen LogP contribution is 2.38. The van der Waals surface area contributed by atoms with Crippen molar-refractivity contribution in [2.75, 3.05) is 18.4 Å². The Labute approximate surface area is 184 Å². The number of ether oxygens (including phenoxy) is 1. The molecule has 0 radical (unpaired) electrons. The van der Waals surface area contributed by atoms with E-state index in [1.807, 2.05) is 26.0 Å². The summed E-state index contributed by atoms with van der Waals surface area (Å²) in [5.74, 6) is 0.416. The molecule has 12 heteroatoms. The zero-order valence-corrected chi connectivity index (χ0v) is 19.7. The molecule has 1 atom stereocenters. The quantitative estimate of drug-likeness (QED) is 0.183. The number of nitrogens with zero attached hydrogens (tertiary/aromatic N) is 3. The van der Waals surface area contributed by atoms with Crippen LogP contribution in [0.3, 0.4) is 0 Å². The van der Waals surface area contributed by atoms with E-state index in [2.05, 4.69) is 31.1 Å². The molecule has 1 aromatic carbocycles. The maximum Gasteiger partial charge on any atom is 0.434 e. The summed E-state index contributed by atoms with van der Waals surface area (Å²) >= 11 is 3.31. The summed E-state index contributed by atoms with van der Waals surface area (Å²) in [7, 11) is -1.56. The Morgan fingerprint density at radius 1 is 1.30 bits per heavy atom. The first-order valence-corrected chi connectivity index (χ1v) is 12.2. The highest BCUT2D eigenvalue weighted by atomic mass is 79.9. The van der Waals surface area contributed by atoms with Gasteiger partial charge in [0.15, 0.2) is 5.69 Å². The Balaban J connectivity index is 1.99. The topological polar surface area (TPSA) is 121 Å². The lowest BCUT2D eigenvalue weighted by atomic mass is 10.1. The van der Waals surface area contributed by atoms with Crippen molar-refractivity contribution >= 4 is 29.5 Å². The van der Waals surface area contributed by atoms with E-state index >= 15 is 0 Å². The molecule has 0 saturated carbocycles. The molecule has 30 heavy (non-hydrogen) atoms. The Kier molecular flexibility index (Phi) is 9.44. The highest BCUT2D eigenvalue weighted by molar-refractivity contribution is 9.09. The summed E-state index contributed by atoms with van der Waals surface area (Å²) in [5, 5.41) is 17.4. The van der Waals surface area contributed by atoms with Gasteiger partial charge in [-0.3, -0.25) is 4.57 Å². The summed E-state index contributed by atoms with van der Waals surface area (Å²) in [6, 6.07) is 5.54. The first kappa shape index (κ1) is 24.5. The lowest BCUT2D eigenvalue weighted by molar-refractivity contribution is -0.396. The molecule has 0 spiro atoms. The first-order valence-electron chi connectivity index (χ1n) is 9.47. The SMILES string of the molecule is CCCNP(=O)(NCCBr)OCc1ccc(OCc2cnc([N+](=O)[O-])n2C)c(C)c1. The molecule has 0 bridgehead atoms. The molecule has 0 aliphatic carbocycles. The van der Waals surface area contributed by atoms with Crippen LogP contribution < -0.4 is 14.9 Å². The van der Waals surface area contributed by atoms with E-state index in [-0.39, 0.29) is 19.2 Å². The second-order valence-electron chi connectivity index (χ2n) is 6.58. The van der Waals surface area contributed by atoms with Gasteiger partial charge in [0.2, 0.25) is 0 Å². The van der Waals surface area contributed by atoms with Crippen molar-refractivity contribution in [3.63, 3.8) is 0 Å². The van der Waals surface area contributed by atoms with E-state index in [0.29, 0.717) is 29.9 Å². The first-order chi connectivity index (χ1) is 14.3. The average Bonchev–Trinajstić information content (AvgIpc) is 3.09. The van der Waals surface area contributed by atoms with Gasteiger partial charge >= 0.3 is 13.6 Å². The van der Waals surface area contributed by atoms with Crippen LogP contribution in [-0.2, 0) is 29.4 Å². The minimum Gasteiger partial charge on any atom is -0.486 e. The molecule has 0 amide bonds. The Morgan fingerprint density at radius 3 is 2.63 bits per heavy atom. The van der Waals surface area contributed by atoms with Gasteiger partial charge in [0.25, 0.3) is 0 Å². The van der Waals surface area contributed by atoms with Crippen molar-refractivity contribution in [3.05, 3.63) is 51.3 Å². The van der Waals surface area contributed by atoms with E-state index in [1.165, 1.54) is 10.8 Å². The van der Waals surface area contributed by atoms with Crippen LogP contribution in [0, 0.1) is 17.0 Å². The van der Waals surface area contributed by atoms with E-state index < -0.39 is 12.6 Å². The number of hydrogen-bond acceptors (Lipinski definition) is 6. The van der Waals surface area contributed by atoms with Gasteiger partial charge in [0, 0.05) is 18.4 Å². The monoisotopic (exact) mass is 503 g/mol. The Morgan fingerprint density at radius 2 is 2.03 bits per heavy atom. The summed E-state index contributed by atoms with van der Waals surface area (Å²) in [4.78, 5) is 14.1. The fourth-order valence-corrected chi connectivity index (χ4v) is 4.67. The van der Waals surface area contributed by atoms with Gasteiger partial charge in [-0.25, -0.2) is 14.7 Å². The van der Waals surface area contributed by atoms with Gasteiger partial charge < -0.3 is 19.4 Å². The number of nitrogens with one attached hydrogen (secondary N) is 2. The number of rotatable bonds is 13. The number of halogens is 1. The highest BCUT2D eigenvalue weighted by Gasteiger charge is 2.22. The molecule has 2 N–H and O–H groups in total. The minimum atomic E-state index is -3.13. The summed E-state index contributed by atoms with van der Waals surface area (Å²) < 4.78 is 25.7. The number of alkyl halides is 1. The van der Waals surface area contributed by atoms with Crippen molar-refractivity contribution in [2.24, 2.45) is 7.05 Å². The Hall–Kier alpha value is -1.78. The molecule has 1 aromatic heterocycles. The summed E-state index contributed by atoms with van der Waals surface area (Å²) in [5.41, 5.74) is 2.32. The maximum absolute atomic E-state index is 12.9. The molecule has 1 heterocycles. The smallest absolute Gasteiger partial charge is 0.434 e. The molecule has 2 aromatic rings. The van der Waals surface area contributed by atoms with Crippen molar-refractivity contribution in [2.45, 2.75) is 33.5 Å². The molecule has 0 aliphatic heterocycles. The molecule has 2 rings (SSSR count). The predicted molar refractivity (Wildman–Crippen MR) is 118 cm³/mol. The number of imidazole rings is 1. The predicted octanol–water partition coefficient (Wildman–Crippen LogP) is 3.82. The van der Waals surface area contributed by atoms with Crippen LogP contribution in [0.15, 0.2) is 24.4 Å². The van der Waals surface area contributed by atoms with Gasteiger partial charge in [-0.2, -0.15) is 0 Å². The Bertz CT molecular complexity index is 895. The van der Waals surface area contributed by atoms with Crippen LogP contribution in [0.1, 0.15) is 30.2 Å². The number of benzene rings is 1. The lowest BCUT2D eigenvalue weighted by Crippen LogP contribution is -2.26. The lowest BCUT2D eigenvalue weighted by Gasteiger charge is -2.20. The third kappa shape index (κ3) is 6.88. The number of nitro groups is 1. The fraction of sp³-hybridized carbons (Fsp3) is 0.500. The van der Waals surface area contributed by atoms with Crippen LogP contribution >= 0.6 is 23.6 Å². The van der Waals surface area contributed by atoms with Gasteiger partial charge in [-0.1, -0.05) is 40.0 Å². The minimum absolute atomic E-state index is 0.153. The van der Waals surface area contributed by atoms with Gasteiger partial charge in [-0.15, -0.1) is 0 Å². The third-order valence-corrected chi connectivity index (χ3v) is 6.40. The van der Waals surface area contributed by atoms with Crippen LogP contribution in [0.5, 0.6) is 5.75 Å². The summed E-state index contributed by atoms with van der Waals surface area (Å²) in [6.07, 6.45) is 2.27. The molecule has 166 valence electrons. The van der Waals surface area contributed by atoms with Crippen LogP contribution in [0.4, 0.5) is 5.95 Å². The molecule has 1 unspecified atom stereocenters. The van der Waals surface area contributed by atoms with Crippen molar-refractivity contribution in [1.82, 2.24) is 19.7 Å². The van der Waals surface area contributed by atoms with E-state index in [1.54, 1.807) is 13.1 Å². The van der Waals surface area contributed by atoms with Crippen LogP contribution in [-0.4, -0.2) is 32.9 Å². The second-order valence-corrected chi connectivity index (χ2v) is 9.37. The van der Waals surface area contributed by atoms with Crippen LogP contribution in [0.25, 0.3) is 0 Å². The second kappa shape index (κ2) is 11.6. The van der Waals surface area contributed by atoms with Gasteiger partial charge in [0.05, 0.1) is 13.7 Å². The van der Waals surface area contributed by atoms with Gasteiger partial charge in [-0.05, 0) is 35.5 Å². The zero-order chi connectivity index (χ0) is 22.1. The molecule has 10 nitrogen and oxygen atoms in total. The van der Waals surface area contributed by atoms with Crippen molar-refractivity contribution < 1.29 is 18.7 Å². The molecular weight excluding hydrogens is 477 g/mol. The van der Waals surface area contributed by atoms with E-state index in [0.717, 1.165) is 17.5 Å². The maximum atomic E-state index is 12.9. The fourth-order valence-electron chi connectivity index (χ4n) is 2.61. The molecular formula is C18H27BrN5O5P. The number of hydrogen-bond donors (Lipinski definition) is 2.